The number of nitrogens with one attached hydrogen (secondary N) is 1. The van der Waals surface area contributed by atoms with Crippen molar-refractivity contribution < 1.29 is 9.53 Å². The number of benzene rings is 2. The van der Waals surface area contributed by atoms with E-state index in [1.165, 1.54) is 11.3 Å². The van der Waals surface area contributed by atoms with Gasteiger partial charge in [0.25, 0.3) is 0 Å². The number of hydrogen-bond acceptors (Lipinski definition) is 5. The maximum absolute atomic E-state index is 12.1. The van der Waals surface area contributed by atoms with E-state index >= 15 is 0 Å². The quantitative estimate of drug-likeness (QED) is 0.297. The summed E-state index contributed by atoms with van der Waals surface area (Å²) in [5, 5.41) is 9.30. The number of carbonyl (C=O) groups excluding carboxylic acids is 1. The SMILES string of the molecule is N=C(N)c1ccc2cc(OC(=O)c3ccc(CN)s3)ccc2c1. The predicted octanol–water partition coefficient (Wildman–Crippen LogP) is 2.86. The van der Waals surface area contributed by atoms with Gasteiger partial charge in [-0.1, -0.05) is 18.2 Å². The number of rotatable bonds is 4. The lowest BCUT2D eigenvalue weighted by Crippen LogP contribution is -2.10. The van der Waals surface area contributed by atoms with E-state index in [4.69, 9.17) is 21.6 Å². The van der Waals surface area contributed by atoms with Crippen LogP contribution >= 0.6 is 11.3 Å². The summed E-state index contributed by atoms with van der Waals surface area (Å²) in [4.78, 5) is 13.6. The van der Waals surface area contributed by atoms with Gasteiger partial charge in [0.2, 0.25) is 0 Å². The molecule has 5 N–H and O–H groups in total. The number of fused-ring (bicyclic) bond motifs is 1. The van der Waals surface area contributed by atoms with Crippen molar-refractivity contribution in [2.45, 2.75) is 6.54 Å². The molecular weight excluding hydrogens is 310 g/mol. The van der Waals surface area contributed by atoms with Gasteiger partial charge in [0.15, 0.2) is 0 Å². The molecule has 3 aromatic rings. The molecule has 0 radical (unpaired) electrons. The smallest absolute Gasteiger partial charge is 0.353 e. The number of nitrogen functional groups attached to an aromatic ring is 1. The molecule has 0 amide bonds. The van der Waals surface area contributed by atoms with Crippen LogP contribution in [0.1, 0.15) is 20.1 Å². The Labute approximate surface area is 137 Å². The molecule has 0 spiro atoms. The second-order valence-corrected chi connectivity index (χ2v) is 6.17. The molecule has 0 aliphatic rings. The first-order valence-corrected chi connectivity index (χ1v) is 7.77. The van der Waals surface area contributed by atoms with Crippen LogP contribution in [0, 0.1) is 5.41 Å². The van der Waals surface area contributed by atoms with Gasteiger partial charge in [-0.15, -0.1) is 11.3 Å². The van der Waals surface area contributed by atoms with Gasteiger partial charge >= 0.3 is 5.97 Å². The van der Waals surface area contributed by atoms with Crippen molar-refractivity contribution in [1.82, 2.24) is 0 Å². The number of esters is 1. The molecule has 116 valence electrons. The first kappa shape index (κ1) is 15.2. The summed E-state index contributed by atoms with van der Waals surface area (Å²) in [6.07, 6.45) is 0. The zero-order valence-corrected chi connectivity index (χ0v) is 13.0. The normalized spacial score (nSPS) is 10.7. The highest BCUT2D eigenvalue weighted by molar-refractivity contribution is 7.13. The zero-order valence-electron chi connectivity index (χ0n) is 12.2. The Bertz CT molecular complexity index is 902. The fourth-order valence-electron chi connectivity index (χ4n) is 2.21. The molecule has 5 nitrogen and oxygen atoms in total. The monoisotopic (exact) mass is 325 g/mol. The average Bonchev–Trinajstić information content (AvgIpc) is 3.03. The van der Waals surface area contributed by atoms with Crippen molar-refractivity contribution in [2.75, 3.05) is 0 Å². The minimum atomic E-state index is -0.394. The highest BCUT2D eigenvalue weighted by atomic mass is 32.1. The van der Waals surface area contributed by atoms with Crippen molar-refractivity contribution in [3.05, 3.63) is 63.8 Å². The Morgan fingerprint density at radius 1 is 1.09 bits per heavy atom. The molecule has 1 aromatic heterocycles. The molecule has 1 heterocycles. The maximum Gasteiger partial charge on any atom is 0.353 e. The summed E-state index contributed by atoms with van der Waals surface area (Å²) >= 11 is 1.33. The molecule has 3 rings (SSSR count). The van der Waals surface area contributed by atoms with Crippen molar-refractivity contribution in [3.8, 4) is 5.75 Å². The molecule has 0 fully saturated rings. The fourth-order valence-corrected chi connectivity index (χ4v) is 2.97. The first-order valence-electron chi connectivity index (χ1n) is 6.96. The lowest BCUT2D eigenvalue weighted by Gasteiger charge is -2.06. The largest absolute Gasteiger partial charge is 0.422 e. The third-order valence-electron chi connectivity index (χ3n) is 3.40. The molecule has 0 aliphatic carbocycles. The summed E-state index contributed by atoms with van der Waals surface area (Å²) in [6, 6.07) is 14.3. The average molecular weight is 325 g/mol. The molecule has 0 bridgehead atoms. The fraction of sp³-hybridized carbons (Fsp3) is 0.0588. The number of carbonyl (C=O) groups is 1. The standard InChI is InChI=1S/C17H15N3O2S/c18-9-14-5-6-15(23-14)17(21)22-13-4-3-10-7-12(16(19)20)2-1-11(10)8-13/h1-8H,9,18H2,(H3,19,20). The third-order valence-corrected chi connectivity index (χ3v) is 4.48. The molecule has 6 heteroatoms. The van der Waals surface area contributed by atoms with Crippen LogP contribution in [0.25, 0.3) is 10.8 Å². The Morgan fingerprint density at radius 2 is 1.83 bits per heavy atom. The Hall–Kier alpha value is -2.70. The van der Waals surface area contributed by atoms with E-state index in [1.54, 1.807) is 24.3 Å². The first-order chi connectivity index (χ1) is 11.1. The Morgan fingerprint density at radius 3 is 2.52 bits per heavy atom. The molecule has 0 saturated carbocycles. The summed E-state index contributed by atoms with van der Waals surface area (Å²) in [6.45, 7) is 0.409. The van der Waals surface area contributed by atoms with Gasteiger partial charge in [0, 0.05) is 17.0 Å². The van der Waals surface area contributed by atoms with Crippen molar-refractivity contribution >= 4 is 33.9 Å². The van der Waals surface area contributed by atoms with Crippen LogP contribution in [0.2, 0.25) is 0 Å². The highest BCUT2D eigenvalue weighted by Crippen LogP contribution is 2.24. The molecule has 0 aliphatic heterocycles. The van der Waals surface area contributed by atoms with Gasteiger partial charge in [0.05, 0.1) is 0 Å². The Balaban J connectivity index is 1.84. The predicted molar refractivity (Wildman–Crippen MR) is 92.1 cm³/mol. The van der Waals surface area contributed by atoms with Gasteiger partial charge in [-0.25, -0.2) is 4.79 Å². The Kier molecular flexibility index (Phi) is 4.10. The molecule has 0 saturated heterocycles. The number of nitrogens with two attached hydrogens (primary N) is 2. The minimum Gasteiger partial charge on any atom is -0.422 e. The van der Waals surface area contributed by atoms with E-state index < -0.39 is 5.97 Å². The molecule has 0 atom stereocenters. The van der Waals surface area contributed by atoms with Crippen molar-refractivity contribution in [3.63, 3.8) is 0 Å². The lowest BCUT2D eigenvalue weighted by molar-refractivity contribution is 0.0740. The van der Waals surface area contributed by atoms with Crippen LogP contribution in [0.4, 0.5) is 0 Å². The van der Waals surface area contributed by atoms with E-state index in [1.807, 2.05) is 24.3 Å². The molecule has 0 unspecified atom stereocenters. The third kappa shape index (κ3) is 3.23. The topological polar surface area (TPSA) is 102 Å². The van der Waals surface area contributed by atoms with Crippen LogP contribution in [0.3, 0.4) is 0 Å². The van der Waals surface area contributed by atoms with E-state index in [2.05, 4.69) is 0 Å². The van der Waals surface area contributed by atoms with Crippen LogP contribution in [0.15, 0.2) is 48.5 Å². The lowest BCUT2D eigenvalue weighted by atomic mass is 10.1. The van der Waals surface area contributed by atoms with Gasteiger partial charge in [-0.05, 0) is 41.1 Å². The molecular formula is C17H15N3O2S. The van der Waals surface area contributed by atoms with Crippen molar-refractivity contribution in [2.24, 2.45) is 11.5 Å². The summed E-state index contributed by atoms with van der Waals surface area (Å²) < 4.78 is 5.41. The van der Waals surface area contributed by atoms with Gasteiger partial charge < -0.3 is 16.2 Å². The van der Waals surface area contributed by atoms with Crippen LogP contribution in [0.5, 0.6) is 5.75 Å². The number of ether oxygens (including phenoxy) is 1. The second kappa shape index (κ2) is 6.20. The van der Waals surface area contributed by atoms with Crippen LogP contribution in [-0.2, 0) is 6.54 Å². The van der Waals surface area contributed by atoms with Gasteiger partial charge in [-0.2, -0.15) is 0 Å². The van der Waals surface area contributed by atoms with E-state index in [-0.39, 0.29) is 5.84 Å². The minimum absolute atomic E-state index is 0.0239. The highest BCUT2D eigenvalue weighted by Gasteiger charge is 2.12. The van der Waals surface area contributed by atoms with E-state index in [0.29, 0.717) is 22.7 Å². The number of hydrogen-bond donors (Lipinski definition) is 3. The van der Waals surface area contributed by atoms with E-state index in [9.17, 15) is 4.79 Å². The van der Waals surface area contributed by atoms with Crippen molar-refractivity contribution in [1.29, 1.82) is 5.41 Å². The zero-order chi connectivity index (χ0) is 16.4. The number of amidine groups is 1. The van der Waals surface area contributed by atoms with Gasteiger partial charge in [0.1, 0.15) is 16.5 Å². The number of thiophene rings is 1. The summed E-state index contributed by atoms with van der Waals surface area (Å²) in [5.74, 6) is 0.103. The van der Waals surface area contributed by atoms with E-state index in [0.717, 1.165) is 15.6 Å². The second-order valence-electron chi connectivity index (χ2n) is 5.00. The van der Waals surface area contributed by atoms with Crippen LogP contribution in [-0.4, -0.2) is 11.8 Å². The van der Waals surface area contributed by atoms with Gasteiger partial charge in [-0.3, -0.25) is 5.41 Å². The molecule has 2 aromatic carbocycles. The molecule has 23 heavy (non-hydrogen) atoms. The van der Waals surface area contributed by atoms with Crippen LogP contribution < -0.4 is 16.2 Å². The maximum atomic E-state index is 12.1. The summed E-state index contributed by atoms with van der Waals surface area (Å²) in [5.41, 5.74) is 11.7. The summed E-state index contributed by atoms with van der Waals surface area (Å²) in [7, 11) is 0.